The van der Waals surface area contributed by atoms with Crippen LogP contribution in [-0.4, -0.2) is 11.1 Å². The van der Waals surface area contributed by atoms with E-state index >= 15 is 0 Å². The van der Waals surface area contributed by atoms with Gasteiger partial charge in [0.25, 0.3) is 0 Å². The summed E-state index contributed by atoms with van der Waals surface area (Å²) >= 11 is 9.91. The first-order valence-electron chi connectivity index (χ1n) is 4.16. The maximum atomic E-state index is 10.7. The summed E-state index contributed by atoms with van der Waals surface area (Å²) in [6.45, 7) is 1.65. The van der Waals surface area contributed by atoms with Crippen LogP contribution in [0.5, 0.6) is 0 Å². The lowest BCUT2D eigenvalue weighted by atomic mass is 10.00. The Bertz CT molecular complexity index is 352. The van der Waals surface area contributed by atoms with Crippen LogP contribution in [0.15, 0.2) is 23.1 Å². The summed E-state index contributed by atoms with van der Waals surface area (Å²) in [6.07, 6.45) is 0. The fraction of sp³-hybridized carbons (Fsp3) is 0.300. The smallest absolute Gasteiger partial charge is 0.310 e. The highest BCUT2D eigenvalue weighted by molar-refractivity contribution is 7.80. The molecule has 1 unspecified atom stereocenters. The van der Waals surface area contributed by atoms with Gasteiger partial charge in [0.15, 0.2) is 0 Å². The highest BCUT2D eigenvalue weighted by Crippen LogP contribution is 2.22. The topological polar surface area (TPSA) is 37.3 Å². The molecule has 0 aliphatic heterocycles. The number of carboxylic acid groups (broad SMARTS) is 1. The standard InChI is InChI=1S/C10H11ClO2S/c1-6(10(12)13)7-2-3-9(14)8(4-7)5-11/h2-4,6,14H,5H2,1H3,(H,12,13). The third-order valence-corrected chi connectivity index (χ3v) is 2.84. The van der Waals surface area contributed by atoms with Crippen molar-refractivity contribution in [1.82, 2.24) is 0 Å². The van der Waals surface area contributed by atoms with E-state index in [1.165, 1.54) is 0 Å². The second-order valence-electron chi connectivity index (χ2n) is 3.08. The van der Waals surface area contributed by atoms with Crippen molar-refractivity contribution in [3.63, 3.8) is 0 Å². The molecule has 0 fully saturated rings. The molecule has 0 heterocycles. The van der Waals surface area contributed by atoms with E-state index in [9.17, 15) is 4.79 Å². The molecular formula is C10H11ClO2S. The van der Waals surface area contributed by atoms with Gasteiger partial charge in [-0.05, 0) is 24.1 Å². The number of rotatable bonds is 3. The Balaban J connectivity index is 3.06. The average molecular weight is 231 g/mol. The molecule has 0 amide bonds. The van der Waals surface area contributed by atoms with Gasteiger partial charge >= 0.3 is 5.97 Å². The van der Waals surface area contributed by atoms with Crippen LogP contribution >= 0.6 is 24.2 Å². The first-order valence-corrected chi connectivity index (χ1v) is 5.15. The van der Waals surface area contributed by atoms with Crippen molar-refractivity contribution in [3.8, 4) is 0 Å². The van der Waals surface area contributed by atoms with E-state index in [-0.39, 0.29) is 0 Å². The number of carboxylic acids is 1. The third kappa shape index (κ3) is 2.42. The van der Waals surface area contributed by atoms with Gasteiger partial charge < -0.3 is 5.11 Å². The van der Waals surface area contributed by atoms with Gasteiger partial charge in [-0.3, -0.25) is 4.79 Å². The molecule has 1 rings (SSSR count). The van der Waals surface area contributed by atoms with Crippen LogP contribution in [0, 0.1) is 0 Å². The minimum absolute atomic E-state index is 0.346. The molecule has 14 heavy (non-hydrogen) atoms. The molecule has 2 nitrogen and oxygen atoms in total. The van der Waals surface area contributed by atoms with Crippen LogP contribution in [0.3, 0.4) is 0 Å². The summed E-state index contributed by atoms with van der Waals surface area (Å²) in [5.41, 5.74) is 1.62. The molecule has 4 heteroatoms. The van der Waals surface area contributed by atoms with Crippen LogP contribution in [-0.2, 0) is 10.7 Å². The van der Waals surface area contributed by atoms with Crippen molar-refractivity contribution >= 4 is 30.2 Å². The minimum atomic E-state index is -0.836. The molecule has 0 bridgehead atoms. The van der Waals surface area contributed by atoms with E-state index in [1.54, 1.807) is 25.1 Å². The molecule has 1 atom stereocenters. The van der Waals surface area contributed by atoms with E-state index in [0.717, 1.165) is 16.0 Å². The monoisotopic (exact) mass is 230 g/mol. The first-order chi connectivity index (χ1) is 6.56. The second kappa shape index (κ2) is 4.71. The Morgan fingerprint density at radius 3 is 2.79 bits per heavy atom. The highest BCUT2D eigenvalue weighted by Gasteiger charge is 2.14. The van der Waals surface area contributed by atoms with E-state index in [0.29, 0.717) is 5.88 Å². The first kappa shape index (κ1) is 11.4. The van der Waals surface area contributed by atoms with Crippen molar-refractivity contribution in [2.24, 2.45) is 0 Å². The number of hydrogen-bond acceptors (Lipinski definition) is 2. The molecule has 0 spiro atoms. The molecule has 0 aromatic heterocycles. The Labute approximate surface area is 93.3 Å². The highest BCUT2D eigenvalue weighted by atomic mass is 35.5. The molecule has 1 aromatic rings. The lowest BCUT2D eigenvalue weighted by Gasteiger charge is -2.09. The van der Waals surface area contributed by atoms with Crippen molar-refractivity contribution in [3.05, 3.63) is 29.3 Å². The zero-order valence-electron chi connectivity index (χ0n) is 7.70. The number of thiol groups is 1. The molecule has 0 saturated carbocycles. The molecule has 1 N–H and O–H groups in total. The van der Waals surface area contributed by atoms with Crippen molar-refractivity contribution in [2.75, 3.05) is 0 Å². The lowest BCUT2D eigenvalue weighted by molar-refractivity contribution is -0.138. The molecule has 0 aliphatic carbocycles. The Hall–Kier alpha value is -0.670. The second-order valence-corrected chi connectivity index (χ2v) is 3.83. The molecule has 1 aromatic carbocycles. The SMILES string of the molecule is CC(C(=O)O)c1ccc(S)c(CCl)c1. The number of aliphatic carboxylic acids is 1. The van der Waals surface area contributed by atoms with E-state index in [1.807, 2.05) is 0 Å². The fourth-order valence-electron chi connectivity index (χ4n) is 1.12. The van der Waals surface area contributed by atoms with Crippen LogP contribution in [0.4, 0.5) is 0 Å². The minimum Gasteiger partial charge on any atom is -0.481 e. The van der Waals surface area contributed by atoms with Gasteiger partial charge in [-0.25, -0.2) is 0 Å². The van der Waals surface area contributed by atoms with Gasteiger partial charge in [0.05, 0.1) is 5.92 Å². The summed E-state index contributed by atoms with van der Waals surface area (Å²) in [7, 11) is 0. The number of halogens is 1. The van der Waals surface area contributed by atoms with Gasteiger partial charge in [0, 0.05) is 10.8 Å². The molecule has 0 saturated heterocycles. The van der Waals surface area contributed by atoms with Gasteiger partial charge in [-0.2, -0.15) is 0 Å². The predicted octanol–water partition coefficient (Wildman–Crippen LogP) is 2.90. The number of alkyl halides is 1. The maximum absolute atomic E-state index is 10.7. The number of hydrogen-bond donors (Lipinski definition) is 2. The van der Waals surface area contributed by atoms with E-state index in [2.05, 4.69) is 12.6 Å². The molecule has 0 aliphatic rings. The fourth-order valence-corrected chi connectivity index (χ4v) is 1.66. The molecular weight excluding hydrogens is 220 g/mol. The number of benzene rings is 1. The predicted molar refractivity (Wildman–Crippen MR) is 59.3 cm³/mol. The quantitative estimate of drug-likeness (QED) is 0.619. The van der Waals surface area contributed by atoms with Crippen molar-refractivity contribution < 1.29 is 9.90 Å². The summed E-state index contributed by atoms with van der Waals surface area (Å²) in [5, 5.41) is 8.82. The Morgan fingerprint density at radius 1 is 1.64 bits per heavy atom. The molecule has 0 radical (unpaired) electrons. The van der Waals surface area contributed by atoms with Gasteiger partial charge in [-0.15, -0.1) is 24.2 Å². The van der Waals surface area contributed by atoms with Crippen molar-refractivity contribution in [1.29, 1.82) is 0 Å². The summed E-state index contributed by atoms with van der Waals surface area (Å²) in [4.78, 5) is 11.5. The summed E-state index contributed by atoms with van der Waals surface area (Å²) < 4.78 is 0. The Kier molecular flexibility index (Phi) is 3.84. The largest absolute Gasteiger partial charge is 0.481 e. The third-order valence-electron chi connectivity index (χ3n) is 2.12. The zero-order chi connectivity index (χ0) is 10.7. The van der Waals surface area contributed by atoms with Crippen LogP contribution in [0.25, 0.3) is 0 Å². The van der Waals surface area contributed by atoms with Crippen LogP contribution in [0.1, 0.15) is 24.0 Å². The van der Waals surface area contributed by atoms with Crippen molar-refractivity contribution in [2.45, 2.75) is 23.6 Å². The van der Waals surface area contributed by atoms with Crippen LogP contribution in [0.2, 0.25) is 0 Å². The molecule has 76 valence electrons. The summed E-state index contributed by atoms with van der Waals surface area (Å²) in [5.74, 6) is -0.998. The van der Waals surface area contributed by atoms with E-state index < -0.39 is 11.9 Å². The lowest BCUT2D eigenvalue weighted by Crippen LogP contribution is -2.07. The zero-order valence-corrected chi connectivity index (χ0v) is 9.35. The van der Waals surface area contributed by atoms with E-state index in [4.69, 9.17) is 16.7 Å². The summed E-state index contributed by atoms with van der Waals surface area (Å²) in [6, 6.07) is 5.32. The van der Waals surface area contributed by atoms with Gasteiger partial charge in [0.2, 0.25) is 0 Å². The number of carbonyl (C=O) groups is 1. The average Bonchev–Trinajstić information content (AvgIpc) is 2.17. The Morgan fingerprint density at radius 2 is 2.29 bits per heavy atom. The van der Waals surface area contributed by atoms with Gasteiger partial charge in [0.1, 0.15) is 0 Å². The van der Waals surface area contributed by atoms with Gasteiger partial charge in [-0.1, -0.05) is 12.1 Å². The normalized spacial score (nSPS) is 12.5. The maximum Gasteiger partial charge on any atom is 0.310 e. The van der Waals surface area contributed by atoms with Crippen LogP contribution < -0.4 is 0 Å².